The van der Waals surface area contributed by atoms with Gasteiger partial charge in [-0.1, -0.05) is 15.9 Å². The van der Waals surface area contributed by atoms with Crippen molar-refractivity contribution in [2.45, 2.75) is 19.3 Å². The van der Waals surface area contributed by atoms with Crippen molar-refractivity contribution in [3.63, 3.8) is 0 Å². The number of halogens is 1. The molecular weight excluding hydrogens is 156 g/mol. The van der Waals surface area contributed by atoms with Gasteiger partial charge in [-0.05, 0) is 12.8 Å². The highest BCUT2D eigenvalue weighted by Gasteiger charge is 2.08. The number of aliphatic hydroxyl groups excluding tert-OH is 1. The molecule has 0 aromatic carbocycles. The molecular formula is C5H7BrO. The molecule has 1 aliphatic carbocycles. The summed E-state index contributed by atoms with van der Waals surface area (Å²) in [4.78, 5) is 0. The minimum absolute atomic E-state index is 0.542. The zero-order valence-electron chi connectivity index (χ0n) is 3.95. The number of allylic oxidation sites excluding steroid dienone is 2. The first-order valence-corrected chi connectivity index (χ1v) is 3.16. The van der Waals surface area contributed by atoms with E-state index < -0.39 is 0 Å². The lowest BCUT2D eigenvalue weighted by molar-refractivity contribution is 0.396. The summed E-state index contributed by atoms with van der Waals surface area (Å²) < 4.78 is 0.993. The van der Waals surface area contributed by atoms with Gasteiger partial charge in [0.25, 0.3) is 0 Å². The van der Waals surface area contributed by atoms with Crippen LogP contribution in [0.3, 0.4) is 0 Å². The van der Waals surface area contributed by atoms with Crippen LogP contribution in [0.25, 0.3) is 0 Å². The molecule has 0 bridgehead atoms. The number of rotatable bonds is 0. The molecule has 0 spiro atoms. The molecule has 0 aliphatic heterocycles. The van der Waals surface area contributed by atoms with Crippen LogP contribution in [-0.2, 0) is 0 Å². The topological polar surface area (TPSA) is 20.2 Å². The second-order valence-corrected chi connectivity index (χ2v) is 2.66. The van der Waals surface area contributed by atoms with Crippen molar-refractivity contribution in [1.82, 2.24) is 0 Å². The number of hydrogen-bond acceptors (Lipinski definition) is 1. The first-order valence-electron chi connectivity index (χ1n) is 2.37. The van der Waals surface area contributed by atoms with E-state index in [1.165, 1.54) is 0 Å². The molecule has 0 unspecified atom stereocenters. The Hall–Kier alpha value is 0.0200. The third-order valence-electron chi connectivity index (χ3n) is 1.12. The van der Waals surface area contributed by atoms with Crippen molar-refractivity contribution in [3.05, 3.63) is 10.2 Å². The zero-order chi connectivity index (χ0) is 5.28. The molecule has 0 aromatic heterocycles. The Kier molecular flexibility index (Phi) is 1.38. The van der Waals surface area contributed by atoms with Crippen LogP contribution in [0.15, 0.2) is 10.2 Å². The van der Waals surface area contributed by atoms with Gasteiger partial charge < -0.3 is 5.11 Å². The first-order chi connectivity index (χ1) is 3.30. The largest absolute Gasteiger partial charge is 0.511 e. The molecule has 1 nitrogen and oxygen atoms in total. The van der Waals surface area contributed by atoms with Crippen molar-refractivity contribution in [2.24, 2.45) is 0 Å². The molecule has 0 atom stereocenters. The highest BCUT2D eigenvalue weighted by Crippen LogP contribution is 2.27. The van der Waals surface area contributed by atoms with Crippen molar-refractivity contribution in [1.29, 1.82) is 0 Å². The SMILES string of the molecule is OC1=C(Br)CCC1. The quantitative estimate of drug-likeness (QED) is 0.580. The molecule has 0 saturated heterocycles. The van der Waals surface area contributed by atoms with Crippen LogP contribution >= 0.6 is 15.9 Å². The Morgan fingerprint density at radius 1 is 1.43 bits per heavy atom. The van der Waals surface area contributed by atoms with Gasteiger partial charge >= 0.3 is 0 Å². The summed E-state index contributed by atoms with van der Waals surface area (Å²) in [6.07, 6.45) is 2.98. The van der Waals surface area contributed by atoms with Crippen LogP contribution in [-0.4, -0.2) is 5.11 Å². The van der Waals surface area contributed by atoms with Crippen LogP contribution in [0.2, 0.25) is 0 Å². The third kappa shape index (κ3) is 0.969. The fraction of sp³-hybridized carbons (Fsp3) is 0.600. The van der Waals surface area contributed by atoms with E-state index >= 15 is 0 Å². The van der Waals surface area contributed by atoms with Gasteiger partial charge in [0.2, 0.25) is 0 Å². The molecule has 0 fully saturated rings. The van der Waals surface area contributed by atoms with E-state index in [2.05, 4.69) is 15.9 Å². The van der Waals surface area contributed by atoms with E-state index in [0.29, 0.717) is 5.76 Å². The molecule has 0 radical (unpaired) electrons. The molecule has 0 saturated carbocycles. The molecule has 2 heteroatoms. The Morgan fingerprint density at radius 2 is 2.14 bits per heavy atom. The van der Waals surface area contributed by atoms with E-state index in [1.807, 2.05) is 0 Å². The first kappa shape index (κ1) is 5.16. The Morgan fingerprint density at radius 3 is 2.29 bits per heavy atom. The summed E-state index contributed by atoms with van der Waals surface area (Å²) >= 11 is 3.23. The van der Waals surface area contributed by atoms with E-state index in [9.17, 15) is 0 Å². The maximum atomic E-state index is 8.83. The Balaban J connectivity index is 2.64. The molecule has 0 aromatic rings. The lowest BCUT2D eigenvalue weighted by Gasteiger charge is -1.84. The summed E-state index contributed by atoms with van der Waals surface area (Å²) in [5.41, 5.74) is 0. The normalized spacial score (nSPS) is 21.3. The standard InChI is InChI=1S/C5H7BrO/c6-4-2-1-3-5(4)7/h7H,1-3H2. The monoisotopic (exact) mass is 162 g/mol. The smallest absolute Gasteiger partial charge is 0.102 e. The van der Waals surface area contributed by atoms with Crippen LogP contribution in [0.1, 0.15) is 19.3 Å². The van der Waals surface area contributed by atoms with Gasteiger partial charge in [-0.2, -0.15) is 0 Å². The fourth-order valence-electron chi connectivity index (χ4n) is 0.691. The maximum absolute atomic E-state index is 8.83. The average molecular weight is 163 g/mol. The minimum Gasteiger partial charge on any atom is -0.511 e. The van der Waals surface area contributed by atoms with Crippen molar-refractivity contribution in [3.8, 4) is 0 Å². The molecule has 7 heavy (non-hydrogen) atoms. The van der Waals surface area contributed by atoms with Crippen molar-refractivity contribution < 1.29 is 5.11 Å². The van der Waals surface area contributed by atoms with E-state index in [4.69, 9.17) is 5.11 Å². The van der Waals surface area contributed by atoms with Gasteiger partial charge in [0.05, 0.1) is 0 Å². The molecule has 1 aliphatic rings. The lowest BCUT2D eigenvalue weighted by Crippen LogP contribution is -1.69. The van der Waals surface area contributed by atoms with Gasteiger partial charge in [0.1, 0.15) is 5.76 Å². The minimum atomic E-state index is 0.542. The van der Waals surface area contributed by atoms with Crippen LogP contribution in [0.4, 0.5) is 0 Å². The van der Waals surface area contributed by atoms with Gasteiger partial charge in [0.15, 0.2) is 0 Å². The molecule has 0 amide bonds. The summed E-state index contributed by atoms with van der Waals surface area (Å²) in [6.45, 7) is 0. The van der Waals surface area contributed by atoms with Crippen molar-refractivity contribution in [2.75, 3.05) is 0 Å². The Bertz CT molecular complexity index is 94.6. The highest BCUT2D eigenvalue weighted by molar-refractivity contribution is 9.11. The second kappa shape index (κ2) is 1.86. The molecule has 1 N–H and O–H groups in total. The lowest BCUT2D eigenvalue weighted by atomic mass is 10.4. The van der Waals surface area contributed by atoms with Gasteiger partial charge in [0, 0.05) is 10.9 Å². The summed E-state index contributed by atoms with van der Waals surface area (Å²) in [5.74, 6) is 0.542. The number of aliphatic hydroxyl groups is 1. The predicted molar refractivity (Wildman–Crippen MR) is 32.4 cm³/mol. The van der Waals surface area contributed by atoms with Crippen LogP contribution in [0.5, 0.6) is 0 Å². The van der Waals surface area contributed by atoms with Gasteiger partial charge in [-0.15, -0.1) is 0 Å². The van der Waals surface area contributed by atoms with Gasteiger partial charge in [-0.25, -0.2) is 0 Å². The van der Waals surface area contributed by atoms with E-state index in [1.54, 1.807) is 0 Å². The van der Waals surface area contributed by atoms with Gasteiger partial charge in [-0.3, -0.25) is 0 Å². The second-order valence-electron chi connectivity index (χ2n) is 1.71. The zero-order valence-corrected chi connectivity index (χ0v) is 5.53. The molecule has 1 rings (SSSR count). The maximum Gasteiger partial charge on any atom is 0.102 e. The van der Waals surface area contributed by atoms with Crippen molar-refractivity contribution >= 4 is 15.9 Å². The predicted octanol–water partition coefficient (Wildman–Crippen LogP) is 2.33. The third-order valence-corrected chi connectivity index (χ3v) is 1.98. The van der Waals surface area contributed by atoms with E-state index in [-0.39, 0.29) is 0 Å². The fourth-order valence-corrected chi connectivity index (χ4v) is 1.17. The Labute approximate surface area is 51.2 Å². The van der Waals surface area contributed by atoms with Crippen LogP contribution < -0.4 is 0 Å². The summed E-state index contributed by atoms with van der Waals surface area (Å²) in [7, 11) is 0. The molecule has 0 heterocycles. The average Bonchev–Trinajstić information content (AvgIpc) is 1.91. The molecule has 40 valence electrons. The summed E-state index contributed by atoms with van der Waals surface area (Å²) in [5, 5.41) is 8.83. The van der Waals surface area contributed by atoms with Crippen LogP contribution in [0, 0.1) is 0 Å². The van der Waals surface area contributed by atoms with E-state index in [0.717, 1.165) is 23.7 Å². The summed E-state index contributed by atoms with van der Waals surface area (Å²) in [6, 6.07) is 0. The number of hydrogen-bond donors (Lipinski definition) is 1. The highest BCUT2D eigenvalue weighted by atomic mass is 79.9.